The first-order chi connectivity index (χ1) is 35.5. The Balaban J connectivity index is 1.58. The Bertz CT molecular complexity index is 3060. The van der Waals surface area contributed by atoms with Crippen molar-refractivity contribution in [2.45, 2.75) is 181 Å². The molecule has 70 heavy (non-hydrogen) atoms. The number of aromatic nitrogens is 1. The normalized spacial score (nSPS) is 44.4. The number of halogens is 2. The van der Waals surface area contributed by atoms with Crippen LogP contribution in [0.2, 0.25) is 0 Å². The molecule has 6 unspecified atom stereocenters. The van der Waals surface area contributed by atoms with Gasteiger partial charge in [0, 0.05) is 104 Å². The number of benzene rings is 2. The van der Waals surface area contributed by atoms with Gasteiger partial charge in [-0.05, 0) is 147 Å². The highest BCUT2D eigenvalue weighted by Crippen LogP contribution is 2.72. The molecule has 1 aliphatic carbocycles. The number of methoxy groups -OCH3 is 1. The molecule has 12 nitrogen and oxygen atoms in total. The zero-order valence-electron chi connectivity index (χ0n) is 50.5. The Morgan fingerprint density at radius 3 is 2.29 bits per heavy atom. The van der Waals surface area contributed by atoms with Crippen LogP contribution < -0.4 is 9.64 Å². The first-order valence-electron chi connectivity index (χ1n) is 28.6. The summed E-state index contributed by atoms with van der Waals surface area (Å²) in [6.45, 7) is 21.6. The standard InChI is InChI=1S/C56H76F2N4O8/c1-16-53-21-20-30(7)62-33(10)32(9)55(47(53)62)44-31(8)45(42(68-18-3)25-41(44)60(17-2)48(55)56(66,51(65)67-15)49(53)70-36(13)63)54(50(64)69-19-4)26-37-24-38(52(14,57)58)27-61(34(37)11)35(12)43-39-22-28(5)29(6)23-40(39)59-46(43)54/h20-23,25,30,32-35,37-38,47-49,59,66H,16-19,24,26-27H2,1-15H3/t30?,32-,33?,34?,35?,37+,38-,47+,48-,49-,53-,54+,55?,56+/m1/s1/i20D,21D,30D,32D,33D,48D,49D. The first kappa shape index (κ1) is 42.0. The third-order valence-electron chi connectivity index (χ3n) is 17.6. The Morgan fingerprint density at radius 1 is 1.00 bits per heavy atom. The van der Waals surface area contributed by atoms with Crippen LogP contribution in [0.1, 0.15) is 150 Å². The van der Waals surface area contributed by atoms with Crippen molar-refractivity contribution in [3.63, 3.8) is 0 Å². The number of aliphatic hydroxyl groups is 1. The zero-order chi connectivity index (χ0) is 57.5. The quantitative estimate of drug-likeness (QED) is 0.115. The van der Waals surface area contributed by atoms with E-state index in [1.54, 1.807) is 33.8 Å². The number of hydrogen-bond acceptors (Lipinski definition) is 11. The molecule has 2 bridgehead atoms. The summed E-state index contributed by atoms with van der Waals surface area (Å²) in [5, 5.41) is 15.0. The minimum absolute atomic E-state index is 0.00223. The number of alkyl halides is 2. The van der Waals surface area contributed by atoms with Crippen LogP contribution >= 0.6 is 0 Å². The van der Waals surface area contributed by atoms with Gasteiger partial charge in [-0.2, -0.15) is 0 Å². The second-order valence-corrected chi connectivity index (χ2v) is 20.9. The molecule has 1 spiro atoms. The summed E-state index contributed by atoms with van der Waals surface area (Å²) in [6.07, 6.45) is -4.09. The predicted octanol–water partition coefficient (Wildman–Crippen LogP) is 9.15. The van der Waals surface area contributed by atoms with Crippen LogP contribution in [0.5, 0.6) is 5.75 Å². The number of aromatic amines is 1. The summed E-state index contributed by atoms with van der Waals surface area (Å²) in [5.41, 5.74) is -7.01. The fourth-order valence-corrected chi connectivity index (χ4v) is 14.4. The van der Waals surface area contributed by atoms with Gasteiger partial charge in [-0.1, -0.05) is 26.0 Å². The van der Waals surface area contributed by atoms with Crippen molar-refractivity contribution in [1.82, 2.24) is 14.8 Å². The number of likely N-dealkylation sites (N-methyl/N-ethyl adjacent to an activating group) is 1. The van der Waals surface area contributed by atoms with Gasteiger partial charge >= 0.3 is 17.9 Å². The maximum Gasteiger partial charge on any atom is 0.344 e. The van der Waals surface area contributed by atoms with E-state index >= 15 is 18.4 Å². The number of H-pyrrole nitrogens is 1. The van der Waals surface area contributed by atoms with Crippen molar-refractivity contribution in [2.24, 2.45) is 23.1 Å². The highest BCUT2D eigenvalue weighted by Gasteiger charge is 2.83. The van der Waals surface area contributed by atoms with Crippen LogP contribution in [0.25, 0.3) is 10.9 Å². The van der Waals surface area contributed by atoms with Crippen LogP contribution in [0, 0.1) is 43.9 Å². The number of anilines is 1. The number of carbonyl (C=O) groups excluding carboxylic acids is 3. The number of aryl methyl sites for hydroxylation is 2. The zero-order valence-corrected chi connectivity index (χ0v) is 43.5. The van der Waals surface area contributed by atoms with Crippen molar-refractivity contribution in [3.8, 4) is 5.75 Å². The minimum atomic E-state index is -3.74. The van der Waals surface area contributed by atoms with E-state index < -0.39 is 124 Å². The molecule has 6 heterocycles. The highest BCUT2D eigenvalue weighted by molar-refractivity contribution is 5.96. The van der Waals surface area contributed by atoms with E-state index in [1.807, 2.05) is 39.8 Å². The van der Waals surface area contributed by atoms with Crippen molar-refractivity contribution in [2.75, 3.05) is 38.3 Å². The summed E-state index contributed by atoms with van der Waals surface area (Å²) in [7, 11) is 0.917. The van der Waals surface area contributed by atoms with E-state index in [-0.39, 0.29) is 67.3 Å². The third kappa shape index (κ3) is 6.35. The number of carbonyl (C=O) groups is 3. The predicted molar refractivity (Wildman–Crippen MR) is 266 cm³/mol. The Kier molecular flexibility index (Phi) is 10.2. The van der Waals surface area contributed by atoms with Gasteiger partial charge in [0.05, 0.1) is 33.2 Å². The Labute approximate surface area is 422 Å². The fraction of sp³-hybridized carbons (Fsp3) is 0.661. The van der Waals surface area contributed by atoms with E-state index in [1.165, 1.54) is 37.5 Å². The van der Waals surface area contributed by atoms with Gasteiger partial charge in [0.15, 0.2) is 6.08 Å². The molecule has 15 atom stereocenters. The largest absolute Gasteiger partial charge is 0.493 e. The van der Waals surface area contributed by atoms with Crippen LogP contribution in [0.15, 0.2) is 30.3 Å². The number of ether oxygens (including phenoxy) is 4. The van der Waals surface area contributed by atoms with Crippen LogP contribution in [0.4, 0.5) is 14.5 Å². The molecule has 2 N–H and O–H groups in total. The second kappa shape index (κ2) is 17.0. The highest BCUT2D eigenvalue weighted by atomic mass is 19.3. The molecule has 1 aromatic heterocycles. The molecular formula is C56H76F2N4O8. The summed E-state index contributed by atoms with van der Waals surface area (Å²) in [4.78, 5) is 53.8. The maximum atomic E-state index is 16.4. The van der Waals surface area contributed by atoms with Crippen LogP contribution in [0.3, 0.4) is 0 Å². The maximum absolute atomic E-state index is 16.4. The van der Waals surface area contributed by atoms with Gasteiger partial charge in [-0.15, -0.1) is 0 Å². The van der Waals surface area contributed by atoms with Gasteiger partial charge in [0.25, 0.3) is 0 Å². The van der Waals surface area contributed by atoms with Gasteiger partial charge in [-0.3, -0.25) is 19.4 Å². The molecule has 0 radical (unpaired) electrons. The number of nitrogens with zero attached hydrogens (tertiary/aromatic N) is 3. The molecule has 0 amide bonds. The first-order valence-corrected chi connectivity index (χ1v) is 25.1. The summed E-state index contributed by atoms with van der Waals surface area (Å²) < 4.78 is 131. The molecule has 382 valence electrons. The van der Waals surface area contributed by atoms with Crippen LogP contribution in [-0.4, -0.2) is 119 Å². The SMILES string of the molecule is [2H]C1=C([2H])[C@]2(CC)[C@@H]3N(C1([2H])C)C([2H])(C)[C@@]([2H])(C)C31c3c(cc(OCC)c([C@@]4(C(=O)OCC)C[C@@H]5C[C@@H](C(C)(F)F)CN(C(C)c6c4[nH]c4cc(C)c(C)cc64)C5C)c3C)N(CC)[C@@]1([2H])[C@@](O)(C(=O)OC)[C@]2([2H])OC(C)=O. The van der Waals surface area contributed by atoms with E-state index in [4.69, 9.17) is 18.9 Å². The van der Waals surface area contributed by atoms with Crippen molar-refractivity contribution < 1.29 is 56.8 Å². The fourth-order valence-electron chi connectivity index (χ4n) is 14.4. The lowest BCUT2D eigenvalue weighted by atomic mass is 9.45. The molecule has 3 aromatic rings. The number of rotatable bonds is 10. The molecular weight excluding hydrogens is 895 g/mol. The number of esters is 3. The topological polar surface area (TPSA) is 134 Å². The van der Waals surface area contributed by atoms with Crippen molar-refractivity contribution >= 4 is 34.5 Å². The molecule has 2 aromatic carbocycles. The Hall–Kier alpha value is -4.53. The average Bonchev–Trinajstić information content (AvgIpc) is 2.34. The molecule has 1 saturated carbocycles. The lowest BCUT2D eigenvalue weighted by Crippen LogP contribution is -2.82. The number of nitrogens with one attached hydrogen (secondary N) is 1. The van der Waals surface area contributed by atoms with E-state index in [0.717, 1.165) is 37.5 Å². The average molecular weight is 978 g/mol. The lowest BCUT2D eigenvalue weighted by Gasteiger charge is -2.65. The summed E-state index contributed by atoms with van der Waals surface area (Å²) >= 11 is 0. The number of piperidine rings is 1. The van der Waals surface area contributed by atoms with E-state index in [9.17, 15) is 19.5 Å². The smallest absolute Gasteiger partial charge is 0.344 e. The summed E-state index contributed by atoms with van der Waals surface area (Å²) in [6, 6.07) is -6.84. The van der Waals surface area contributed by atoms with Gasteiger partial charge in [0.1, 0.15) is 11.2 Å². The molecule has 6 aliphatic rings. The number of fused-ring (bicyclic) bond motifs is 6. The van der Waals surface area contributed by atoms with E-state index in [0.29, 0.717) is 16.8 Å². The lowest BCUT2D eigenvalue weighted by molar-refractivity contribution is -0.231. The van der Waals surface area contributed by atoms with Crippen molar-refractivity contribution in [1.29, 1.82) is 0 Å². The van der Waals surface area contributed by atoms with E-state index in [2.05, 4.69) is 9.88 Å². The molecule has 9 rings (SSSR count). The second-order valence-electron chi connectivity index (χ2n) is 20.9. The summed E-state index contributed by atoms with van der Waals surface area (Å²) in [5.74, 6) is -11.0. The molecule has 5 aliphatic heterocycles. The van der Waals surface area contributed by atoms with Gasteiger partial charge < -0.3 is 33.9 Å². The minimum Gasteiger partial charge on any atom is -0.493 e. The Morgan fingerprint density at radius 2 is 1.69 bits per heavy atom. The third-order valence-corrected chi connectivity index (χ3v) is 17.6. The van der Waals surface area contributed by atoms with Crippen LogP contribution in [-0.2, 0) is 39.4 Å². The molecule has 3 fully saturated rings. The number of hydrogen-bond donors (Lipinski definition) is 2. The molecule has 2 saturated heterocycles. The van der Waals surface area contributed by atoms with Gasteiger partial charge in [-0.25, -0.2) is 13.6 Å². The monoisotopic (exact) mass is 978 g/mol. The van der Waals surface area contributed by atoms with Crippen molar-refractivity contribution in [3.05, 3.63) is 69.4 Å². The molecule has 14 heteroatoms. The van der Waals surface area contributed by atoms with Gasteiger partial charge in [0.2, 0.25) is 11.5 Å².